The van der Waals surface area contributed by atoms with E-state index in [0.717, 1.165) is 17.0 Å². The molecule has 0 saturated carbocycles. The highest BCUT2D eigenvalue weighted by molar-refractivity contribution is 7.98. The SMILES string of the molecule is COc1cccc(-c2nnc(SCc3nc(-c4ccc(F)cc4)no3)n2-c2ccccc2)c1. The lowest BCUT2D eigenvalue weighted by atomic mass is 10.2. The Hall–Kier alpha value is -3.98. The molecule has 5 rings (SSSR count). The van der Waals surface area contributed by atoms with E-state index in [1.165, 1.54) is 23.9 Å². The minimum Gasteiger partial charge on any atom is -0.497 e. The zero-order valence-corrected chi connectivity index (χ0v) is 18.4. The first-order chi connectivity index (χ1) is 16.2. The van der Waals surface area contributed by atoms with Crippen LogP contribution in [0.4, 0.5) is 4.39 Å². The normalized spacial score (nSPS) is 11.0. The van der Waals surface area contributed by atoms with Gasteiger partial charge in [0.25, 0.3) is 0 Å². The van der Waals surface area contributed by atoms with Crippen molar-refractivity contribution < 1.29 is 13.7 Å². The number of aromatic nitrogens is 5. The van der Waals surface area contributed by atoms with Crippen LogP contribution in [-0.2, 0) is 5.75 Å². The molecular weight excluding hydrogens is 441 g/mol. The number of para-hydroxylation sites is 1. The fraction of sp³-hybridized carbons (Fsp3) is 0.0833. The maximum atomic E-state index is 13.2. The van der Waals surface area contributed by atoms with Crippen molar-refractivity contribution in [2.24, 2.45) is 0 Å². The highest BCUT2D eigenvalue weighted by Gasteiger charge is 2.18. The van der Waals surface area contributed by atoms with E-state index in [2.05, 4.69) is 20.3 Å². The maximum Gasteiger partial charge on any atom is 0.237 e. The zero-order valence-electron chi connectivity index (χ0n) is 17.6. The van der Waals surface area contributed by atoms with Gasteiger partial charge in [0.05, 0.1) is 12.9 Å². The van der Waals surface area contributed by atoms with Gasteiger partial charge >= 0.3 is 0 Å². The van der Waals surface area contributed by atoms with Crippen LogP contribution < -0.4 is 4.74 Å². The van der Waals surface area contributed by atoms with Crippen molar-refractivity contribution in [3.05, 3.63) is 90.6 Å². The van der Waals surface area contributed by atoms with E-state index < -0.39 is 0 Å². The number of benzene rings is 3. The van der Waals surface area contributed by atoms with Gasteiger partial charge in [0.15, 0.2) is 11.0 Å². The summed E-state index contributed by atoms with van der Waals surface area (Å²) in [6.07, 6.45) is 0. The summed E-state index contributed by atoms with van der Waals surface area (Å²) >= 11 is 1.43. The molecule has 0 aliphatic heterocycles. The third kappa shape index (κ3) is 4.49. The third-order valence-corrected chi connectivity index (χ3v) is 5.78. The van der Waals surface area contributed by atoms with E-state index in [4.69, 9.17) is 9.26 Å². The van der Waals surface area contributed by atoms with Crippen molar-refractivity contribution >= 4 is 11.8 Å². The second-order valence-corrected chi connectivity index (χ2v) is 7.96. The first-order valence-electron chi connectivity index (χ1n) is 10.1. The number of methoxy groups -OCH3 is 1. The smallest absolute Gasteiger partial charge is 0.237 e. The molecular formula is C24H18FN5O2S. The first kappa shape index (κ1) is 20.9. The predicted molar refractivity (Wildman–Crippen MR) is 123 cm³/mol. The molecule has 0 N–H and O–H groups in total. The van der Waals surface area contributed by atoms with E-state index in [-0.39, 0.29) is 5.82 Å². The van der Waals surface area contributed by atoms with Gasteiger partial charge in [0.1, 0.15) is 11.6 Å². The maximum absolute atomic E-state index is 13.2. The predicted octanol–water partition coefficient (Wildman–Crippen LogP) is 5.42. The second-order valence-electron chi connectivity index (χ2n) is 7.02. The Kier molecular flexibility index (Phi) is 5.86. The summed E-state index contributed by atoms with van der Waals surface area (Å²) in [6.45, 7) is 0. The van der Waals surface area contributed by atoms with E-state index in [1.54, 1.807) is 19.2 Å². The number of rotatable bonds is 7. The van der Waals surface area contributed by atoms with Crippen molar-refractivity contribution in [2.45, 2.75) is 10.9 Å². The van der Waals surface area contributed by atoms with E-state index in [9.17, 15) is 4.39 Å². The highest BCUT2D eigenvalue weighted by atomic mass is 32.2. The molecule has 0 aliphatic rings. The summed E-state index contributed by atoms with van der Waals surface area (Å²) in [4.78, 5) is 4.42. The van der Waals surface area contributed by atoms with Crippen LogP contribution in [0, 0.1) is 5.82 Å². The number of hydrogen-bond acceptors (Lipinski definition) is 7. The lowest BCUT2D eigenvalue weighted by Gasteiger charge is -2.10. The van der Waals surface area contributed by atoms with Crippen LogP contribution in [0.1, 0.15) is 5.89 Å². The van der Waals surface area contributed by atoms with Crippen LogP contribution in [-0.4, -0.2) is 32.0 Å². The number of thioether (sulfide) groups is 1. The van der Waals surface area contributed by atoms with Crippen LogP contribution in [0.2, 0.25) is 0 Å². The summed E-state index contributed by atoms with van der Waals surface area (Å²) < 4.78 is 25.9. The van der Waals surface area contributed by atoms with Crippen LogP contribution in [0.15, 0.2) is 88.5 Å². The molecule has 2 heterocycles. The molecule has 5 aromatic rings. The molecule has 0 radical (unpaired) electrons. The monoisotopic (exact) mass is 459 g/mol. The van der Waals surface area contributed by atoms with Crippen LogP contribution >= 0.6 is 11.8 Å². The minimum atomic E-state index is -0.315. The van der Waals surface area contributed by atoms with Gasteiger partial charge < -0.3 is 9.26 Å². The van der Waals surface area contributed by atoms with E-state index in [1.807, 2.05) is 59.2 Å². The van der Waals surface area contributed by atoms with E-state index >= 15 is 0 Å². The topological polar surface area (TPSA) is 78.9 Å². The largest absolute Gasteiger partial charge is 0.497 e. The highest BCUT2D eigenvalue weighted by Crippen LogP contribution is 2.31. The molecule has 0 aliphatic carbocycles. The molecule has 0 amide bonds. The van der Waals surface area contributed by atoms with Gasteiger partial charge in [0.2, 0.25) is 11.7 Å². The van der Waals surface area contributed by atoms with Gasteiger partial charge in [-0.15, -0.1) is 10.2 Å². The average molecular weight is 460 g/mol. The number of ether oxygens (including phenoxy) is 1. The Morgan fingerprint density at radius 1 is 0.939 bits per heavy atom. The summed E-state index contributed by atoms with van der Waals surface area (Å²) in [6, 6.07) is 23.5. The number of nitrogens with zero attached hydrogens (tertiary/aromatic N) is 5. The molecule has 33 heavy (non-hydrogen) atoms. The molecule has 0 bridgehead atoms. The van der Waals surface area contributed by atoms with Crippen LogP contribution in [0.5, 0.6) is 5.75 Å². The molecule has 0 spiro atoms. The first-order valence-corrected chi connectivity index (χ1v) is 11.1. The van der Waals surface area contributed by atoms with Crippen molar-refractivity contribution in [1.29, 1.82) is 0 Å². The van der Waals surface area contributed by atoms with Gasteiger partial charge in [-0.05, 0) is 48.5 Å². The van der Waals surface area contributed by atoms with Gasteiger partial charge in [-0.3, -0.25) is 4.57 Å². The summed E-state index contributed by atoms with van der Waals surface area (Å²) in [7, 11) is 1.63. The lowest BCUT2D eigenvalue weighted by molar-refractivity contribution is 0.391. The van der Waals surface area contributed by atoms with Gasteiger partial charge in [-0.25, -0.2) is 4.39 Å². The molecule has 0 saturated heterocycles. The molecule has 2 aromatic heterocycles. The fourth-order valence-corrected chi connectivity index (χ4v) is 4.07. The Labute approximate surface area is 193 Å². The molecule has 0 fully saturated rings. The molecule has 7 nitrogen and oxygen atoms in total. The molecule has 0 atom stereocenters. The molecule has 9 heteroatoms. The van der Waals surface area contributed by atoms with Gasteiger partial charge in [0, 0.05) is 16.8 Å². The van der Waals surface area contributed by atoms with Crippen LogP contribution in [0.3, 0.4) is 0 Å². The van der Waals surface area contributed by atoms with Crippen molar-refractivity contribution in [3.8, 4) is 34.2 Å². The van der Waals surface area contributed by atoms with E-state index in [0.29, 0.717) is 34.0 Å². The Bertz CT molecular complexity index is 1370. The zero-order chi connectivity index (χ0) is 22.6. The van der Waals surface area contributed by atoms with Crippen molar-refractivity contribution in [3.63, 3.8) is 0 Å². The summed E-state index contributed by atoms with van der Waals surface area (Å²) in [5, 5.41) is 13.5. The molecule has 164 valence electrons. The molecule has 3 aromatic carbocycles. The quantitative estimate of drug-likeness (QED) is 0.301. The number of halogens is 1. The van der Waals surface area contributed by atoms with Crippen molar-refractivity contribution in [1.82, 2.24) is 24.9 Å². The Morgan fingerprint density at radius 2 is 1.76 bits per heavy atom. The third-order valence-electron chi connectivity index (χ3n) is 4.87. The molecule has 0 unspecified atom stereocenters. The van der Waals surface area contributed by atoms with Gasteiger partial charge in [-0.2, -0.15) is 4.98 Å². The Balaban J connectivity index is 1.44. The Morgan fingerprint density at radius 3 is 2.55 bits per heavy atom. The number of hydrogen-bond donors (Lipinski definition) is 0. The minimum absolute atomic E-state index is 0.315. The summed E-state index contributed by atoms with van der Waals surface area (Å²) in [5.74, 6) is 2.36. The van der Waals surface area contributed by atoms with Crippen LogP contribution in [0.25, 0.3) is 28.5 Å². The fourth-order valence-electron chi connectivity index (χ4n) is 3.28. The summed E-state index contributed by atoms with van der Waals surface area (Å²) in [5.41, 5.74) is 2.50. The lowest BCUT2D eigenvalue weighted by Crippen LogP contribution is -2.00. The standard InChI is InChI=1S/C24H18FN5O2S/c1-31-20-9-5-6-17(14-20)23-27-28-24(30(23)19-7-3-2-4-8-19)33-15-21-26-22(29-32-21)16-10-12-18(25)13-11-16/h2-14H,15H2,1H3. The van der Waals surface area contributed by atoms with Crippen molar-refractivity contribution in [2.75, 3.05) is 7.11 Å². The average Bonchev–Trinajstić information content (AvgIpc) is 3.51. The second kappa shape index (κ2) is 9.25. The van der Waals surface area contributed by atoms with Gasteiger partial charge in [-0.1, -0.05) is 47.3 Å².